The van der Waals surface area contributed by atoms with E-state index in [0.717, 1.165) is 18.0 Å². The number of fused-ring (bicyclic) bond motifs is 1. The van der Waals surface area contributed by atoms with Crippen LogP contribution in [0.25, 0.3) is 0 Å². The molecule has 2 aliphatic rings. The van der Waals surface area contributed by atoms with Crippen LogP contribution in [0.4, 0.5) is 0 Å². The third-order valence-electron chi connectivity index (χ3n) is 4.47. The molecule has 1 N–H and O–H groups in total. The van der Waals surface area contributed by atoms with Crippen LogP contribution in [0.2, 0.25) is 0 Å². The van der Waals surface area contributed by atoms with Crippen molar-refractivity contribution in [3.8, 4) is 11.5 Å². The van der Waals surface area contributed by atoms with Gasteiger partial charge in [0, 0.05) is 5.54 Å². The van der Waals surface area contributed by atoms with Crippen LogP contribution >= 0.6 is 0 Å². The third kappa shape index (κ3) is 2.00. The Hall–Kier alpha value is -1.22. The quantitative estimate of drug-likeness (QED) is 0.842. The molecule has 1 saturated heterocycles. The maximum atomic E-state index is 5.73. The highest BCUT2D eigenvalue weighted by atomic mass is 16.6. The third-order valence-corrected chi connectivity index (χ3v) is 4.47. The molecule has 2 aliphatic heterocycles. The molecular weight excluding hydrogens is 238 g/mol. The van der Waals surface area contributed by atoms with Crippen LogP contribution < -0.4 is 14.8 Å². The van der Waals surface area contributed by atoms with Gasteiger partial charge in [-0.2, -0.15) is 0 Å². The summed E-state index contributed by atoms with van der Waals surface area (Å²) in [4.78, 5) is 0. The maximum Gasteiger partial charge on any atom is 0.161 e. The summed E-state index contributed by atoms with van der Waals surface area (Å²) in [7, 11) is 0. The van der Waals surface area contributed by atoms with E-state index in [0.29, 0.717) is 13.2 Å². The standard InChI is InChI=1S/C16H23NO2/c1-15(2,3)16(7-4-8-17-16)12-5-6-13-14(11-12)19-10-9-18-13/h5-6,11,17H,4,7-10H2,1-3H3. The van der Waals surface area contributed by atoms with E-state index in [9.17, 15) is 0 Å². The maximum absolute atomic E-state index is 5.73. The molecule has 1 unspecified atom stereocenters. The topological polar surface area (TPSA) is 30.5 Å². The Bertz CT molecular complexity index is 470. The smallest absolute Gasteiger partial charge is 0.161 e. The zero-order chi connectivity index (χ0) is 13.5. The van der Waals surface area contributed by atoms with Crippen molar-refractivity contribution in [1.82, 2.24) is 5.32 Å². The molecule has 0 radical (unpaired) electrons. The lowest BCUT2D eigenvalue weighted by Gasteiger charge is -2.43. The van der Waals surface area contributed by atoms with Gasteiger partial charge in [-0.3, -0.25) is 0 Å². The lowest BCUT2D eigenvalue weighted by molar-refractivity contribution is 0.154. The molecule has 3 heteroatoms. The molecule has 0 spiro atoms. The minimum atomic E-state index is 0.0445. The van der Waals surface area contributed by atoms with Crippen molar-refractivity contribution in [3.63, 3.8) is 0 Å². The lowest BCUT2D eigenvalue weighted by atomic mass is 9.68. The van der Waals surface area contributed by atoms with Crippen molar-refractivity contribution < 1.29 is 9.47 Å². The normalized spacial score (nSPS) is 26.5. The summed E-state index contributed by atoms with van der Waals surface area (Å²) in [6.45, 7) is 9.31. The van der Waals surface area contributed by atoms with Gasteiger partial charge >= 0.3 is 0 Å². The molecule has 3 rings (SSSR count). The van der Waals surface area contributed by atoms with Gasteiger partial charge in [0.15, 0.2) is 11.5 Å². The zero-order valence-electron chi connectivity index (χ0n) is 12.1. The number of hydrogen-bond acceptors (Lipinski definition) is 3. The second-order valence-corrected chi connectivity index (χ2v) is 6.54. The fourth-order valence-electron chi connectivity index (χ4n) is 3.37. The minimum Gasteiger partial charge on any atom is -0.486 e. The molecular formula is C16H23NO2. The highest BCUT2D eigenvalue weighted by Gasteiger charge is 2.45. The molecule has 0 aliphatic carbocycles. The largest absolute Gasteiger partial charge is 0.486 e. The number of nitrogens with one attached hydrogen (secondary N) is 1. The van der Waals surface area contributed by atoms with Crippen molar-refractivity contribution in [1.29, 1.82) is 0 Å². The van der Waals surface area contributed by atoms with Crippen molar-refractivity contribution in [2.45, 2.75) is 39.2 Å². The van der Waals surface area contributed by atoms with E-state index < -0.39 is 0 Å². The van der Waals surface area contributed by atoms with Crippen LogP contribution in [-0.2, 0) is 5.54 Å². The van der Waals surface area contributed by atoms with Gasteiger partial charge < -0.3 is 14.8 Å². The molecule has 104 valence electrons. The first-order valence-corrected chi connectivity index (χ1v) is 7.18. The van der Waals surface area contributed by atoms with Crippen LogP contribution in [0.3, 0.4) is 0 Å². The van der Waals surface area contributed by atoms with Crippen molar-refractivity contribution in [2.75, 3.05) is 19.8 Å². The van der Waals surface area contributed by atoms with E-state index in [2.05, 4.69) is 44.3 Å². The lowest BCUT2D eigenvalue weighted by Crippen LogP contribution is -2.48. The van der Waals surface area contributed by atoms with Crippen LogP contribution in [0.5, 0.6) is 11.5 Å². The molecule has 0 aromatic heterocycles. The number of benzene rings is 1. The fraction of sp³-hybridized carbons (Fsp3) is 0.625. The molecule has 0 saturated carbocycles. The molecule has 0 amide bonds. The second kappa shape index (κ2) is 4.41. The Morgan fingerprint density at radius 2 is 1.84 bits per heavy atom. The molecule has 1 aromatic carbocycles. The van der Waals surface area contributed by atoms with Crippen LogP contribution in [0.15, 0.2) is 18.2 Å². The Balaban J connectivity index is 2.04. The first-order chi connectivity index (χ1) is 9.03. The fourth-order valence-corrected chi connectivity index (χ4v) is 3.37. The Labute approximate surface area is 115 Å². The van der Waals surface area contributed by atoms with Crippen LogP contribution in [-0.4, -0.2) is 19.8 Å². The molecule has 19 heavy (non-hydrogen) atoms. The Kier molecular flexibility index (Phi) is 2.97. The summed E-state index contributed by atoms with van der Waals surface area (Å²) >= 11 is 0. The molecule has 0 bridgehead atoms. The van der Waals surface area contributed by atoms with Gasteiger partial charge in [-0.25, -0.2) is 0 Å². The van der Waals surface area contributed by atoms with Crippen molar-refractivity contribution in [3.05, 3.63) is 23.8 Å². The van der Waals surface area contributed by atoms with E-state index in [1.807, 2.05) is 0 Å². The van der Waals surface area contributed by atoms with Gasteiger partial charge in [-0.05, 0) is 42.5 Å². The van der Waals surface area contributed by atoms with E-state index in [1.54, 1.807) is 0 Å². The molecule has 1 aromatic rings. The van der Waals surface area contributed by atoms with E-state index in [1.165, 1.54) is 18.4 Å². The number of ether oxygens (including phenoxy) is 2. The molecule has 1 atom stereocenters. The van der Waals surface area contributed by atoms with Gasteiger partial charge in [0.2, 0.25) is 0 Å². The first kappa shape index (κ1) is 12.8. The van der Waals surface area contributed by atoms with Gasteiger partial charge in [0.1, 0.15) is 13.2 Å². The average Bonchev–Trinajstić information content (AvgIpc) is 2.88. The average molecular weight is 261 g/mol. The van der Waals surface area contributed by atoms with Gasteiger partial charge in [-0.15, -0.1) is 0 Å². The monoisotopic (exact) mass is 261 g/mol. The highest BCUT2D eigenvalue weighted by molar-refractivity contribution is 5.46. The predicted octanol–water partition coefficient (Wildman–Crippen LogP) is 3.08. The van der Waals surface area contributed by atoms with Crippen LogP contribution in [0.1, 0.15) is 39.2 Å². The van der Waals surface area contributed by atoms with Gasteiger partial charge in [0.25, 0.3) is 0 Å². The summed E-state index contributed by atoms with van der Waals surface area (Å²) in [5.74, 6) is 1.76. The predicted molar refractivity (Wildman–Crippen MR) is 75.8 cm³/mol. The van der Waals surface area contributed by atoms with Crippen molar-refractivity contribution >= 4 is 0 Å². The highest BCUT2D eigenvalue weighted by Crippen LogP contribution is 2.47. The van der Waals surface area contributed by atoms with E-state index in [-0.39, 0.29) is 11.0 Å². The Morgan fingerprint density at radius 3 is 2.47 bits per heavy atom. The summed E-state index contributed by atoms with van der Waals surface area (Å²) < 4.78 is 11.3. The summed E-state index contributed by atoms with van der Waals surface area (Å²) in [6, 6.07) is 6.41. The number of rotatable bonds is 1. The van der Waals surface area contributed by atoms with Gasteiger partial charge in [0.05, 0.1) is 0 Å². The van der Waals surface area contributed by atoms with Crippen LogP contribution in [0, 0.1) is 5.41 Å². The summed E-state index contributed by atoms with van der Waals surface area (Å²) in [6.07, 6.45) is 2.40. The molecule has 1 fully saturated rings. The minimum absolute atomic E-state index is 0.0445. The van der Waals surface area contributed by atoms with Gasteiger partial charge in [-0.1, -0.05) is 26.8 Å². The molecule has 3 nitrogen and oxygen atoms in total. The molecule has 2 heterocycles. The number of hydrogen-bond donors (Lipinski definition) is 1. The van der Waals surface area contributed by atoms with Crippen molar-refractivity contribution in [2.24, 2.45) is 5.41 Å². The zero-order valence-corrected chi connectivity index (χ0v) is 12.1. The second-order valence-electron chi connectivity index (χ2n) is 6.54. The van der Waals surface area contributed by atoms with E-state index >= 15 is 0 Å². The summed E-state index contributed by atoms with van der Waals surface area (Å²) in [5.41, 5.74) is 1.54. The Morgan fingerprint density at radius 1 is 1.11 bits per heavy atom. The SMILES string of the molecule is CC(C)(C)C1(c2ccc3c(c2)OCCO3)CCCN1. The summed E-state index contributed by atoms with van der Waals surface area (Å²) in [5, 5.41) is 3.74. The van der Waals surface area contributed by atoms with E-state index in [4.69, 9.17) is 9.47 Å². The first-order valence-electron chi connectivity index (χ1n) is 7.18.